The van der Waals surface area contributed by atoms with Gasteiger partial charge >= 0.3 is 0 Å². The summed E-state index contributed by atoms with van der Waals surface area (Å²) in [5.74, 6) is -0.158. The predicted molar refractivity (Wildman–Crippen MR) is 85.0 cm³/mol. The first-order valence-electron chi connectivity index (χ1n) is 6.78. The largest absolute Gasteiger partial charge is 0.367 e. The number of halogens is 1. The second kappa shape index (κ2) is 6.37. The summed E-state index contributed by atoms with van der Waals surface area (Å²) >= 11 is 1.73. The van der Waals surface area contributed by atoms with E-state index in [4.69, 9.17) is 0 Å². The highest BCUT2D eigenvalue weighted by Gasteiger charge is 2.20. The van der Waals surface area contributed by atoms with Crippen molar-refractivity contribution in [3.05, 3.63) is 52.0 Å². The predicted octanol–water partition coefficient (Wildman–Crippen LogP) is 4.37. The van der Waals surface area contributed by atoms with Gasteiger partial charge < -0.3 is 10.2 Å². The van der Waals surface area contributed by atoms with E-state index >= 15 is 0 Å². The molecule has 0 aliphatic carbocycles. The van der Waals surface area contributed by atoms with Gasteiger partial charge in [0.05, 0.1) is 6.04 Å². The number of anilines is 1. The maximum absolute atomic E-state index is 14.2. The van der Waals surface area contributed by atoms with Crippen molar-refractivity contribution in [1.82, 2.24) is 5.32 Å². The Morgan fingerprint density at radius 1 is 1.20 bits per heavy atom. The van der Waals surface area contributed by atoms with Crippen molar-refractivity contribution in [2.75, 3.05) is 19.0 Å². The van der Waals surface area contributed by atoms with E-state index in [0.717, 1.165) is 11.3 Å². The summed E-state index contributed by atoms with van der Waals surface area (Å²) in [5, 5.41) is 5.20. The minimum atomic E-state index is -0.158. The van der Waals surface area contributed by atoms with Gasteiger partial charge in [-0.15, -0.1) is 11.3 Å². The minimum absolute atomic E-state index is 0.0239. The average Bonchev–Trinajstić information content (AvgIpc) is 2.98. The molecule has 0 amide bonds. The van der Waals surface area contributed by atoms with Gasteiger partial charge in [-0.2, -0.15) is 0 Å². The maximum atomic E-state index is 14.2. The molecule has 1 heterocycles. The van der Waals surface area contributed by atoms with Crippen LogP contribution in [0, 0.1) is 5.82 Å². The summed E-state index contributed by atoms with van der Waals surface area (Å²) in [5.41, 5.74) is 1.66. The van der Waals surface area contributed by atoms with Crippen LogP contribution in [0.4, 0.5) is 10.1 Å². The molecule has 2 aromatic rings. The van der Waals surface area contributed by atoms with Crippen molar-refractivity contribution >= 4 is 17.0 Å². The number of benzene rings is 1. The van der Waals surface area contributed by atoms with Gasteiger partial charge in [0.1, 0.15) is 5.82 Å². The van der Waals surface area contributed by atoms with Gasteiger partial charge in [-0.25, -0.2) is 4.39 Å². The van der Waals surface area contributed by atoms with Crippen LogP contribution < -0.4 is 10.2 Å². The molecular weight excluding hydrogens is 271 g/mol. The highest BCUT2D eigenvalue weighted by Crippen LogP contribution is 2.34. The molecule has 1 aromatic heterocycles. The zero-order chi connectivity index (χ0) is 14.7. The molecule has 1 N–H and O–H groups in total. The monoisotopic (exact) mass is 292 g/mol. The van der Waals surface area contributed by atoms with Crippen LogP contribution in [0.2, 0.25) is 0 Å². The van der Waals surface area contributed by atoms with E-state index < -0.39 is 0 Å². The fraction of sp³-hybridized carbons (Fsp3) is 0.375. The lowest BCUT2D eigenvalue weighted by Gasteiger charge is -2.30. The van der Waals surface area contributed by atoms with Crippen molar-refractivity contribution in [2.45, 2.75) is 25.9 Å². The molecule has 2 unspecified atom stereocenters. The highest BCUT2D eigenvalue weighted by molar-refractivity contribution is 7.10. The Morgan fingerprint density at radius 3 is 2.55 bits per heavy atom. The topological polar surface area (TPSA) is 15.3 Å². The summed E-state index contributed by atoms with van der Waals surface area (Å²) in [6.07, 6.45) is 0. The van der Waals surface area contributed by atoms with Crippen molar-refractivity contribution < 1.29 is 4.39 Å². The van der Waals surface area contributed by atoms with E-state index in [2.05, 4.69) is 28.6 Å². The van der Waals surface area contributed by atoms with Crippen LogP contribution in [0.15, 0.2) is 35.7 Å². The molecule has 2 nitrogen and oxygen atoms in total. The summed E-state index contributed by atoms with van der Waals surface area (Å²) in [4.78, 5) is 3.41. The molecule has 0 fully saturated rings. The normalized spacial score (nSPS) is 14.1. The molecule has 20 heavy (non-hydrogen) atoms. The van der Waals surface area contributed by atoms with Gasteiger partial charge in [-0.05, 0) is 44.5 Å². The number of hydrogen-bond donors (Lipinski definition) is 1. The molecule has 2 atom stereocenters. The molecule has 2 rings (SSSR count). The third-order valence-corrected chi connectivity index (χ3v) is 4.85. The van der Waals surface area contributed by atoms with E-state index in [1.165, 1.54) is 10.9 Å². The first-order valence-corrected chi connectivity index (χ1v) is 7.66. The first-order chi connectivity index (χ1) is 9.56. The van der Waals surface area contributed by atoms with Gasteiger partial charge in [0.2, 0.25) is 0 Å². The van der Waals surface area contributed by atoms with Gasteiger partial charge in [-0.3, -0.25) is 0 Å². The lowest BCUT2D eigenvalue weighted by atomic mass is 10.0. The minimum Gasteiger partial charge on any atom is -0.367 e. The lowest BCUT2D eigenvalue weighted by Crippen LogP contribution is -2.25. The molecule has 0 aliphatic rings. The quantitative estimate of drug-likeness (QED) is 0.880. The Morgan fingerprint density at radius 2 is 1.95 bits per heavy atom. The Bertz CT molecular complexity index is 554. The highest BCUT2D eigenvalue weighted by atomic mass is 32.1. The van der Waals surface area contributed by atoms with E-state index in [0.29, 0.717) is 0 Å². The van der Waals surface area contributed by atoms with Gasteiger partial charge in [0.15, 0.2) is 0 Å². The average molecular weight is 292 g/mol. The molecule has 0 aliphatic heterocycles. The van der Waals surface area contributed by atoms with E-state index in [1.807, 2.05) is 33.2 Å². The van der Waals surface area contributed by atoms with Crippen LogP contribution in [-0.4, -0.2) is 14.1 Å². The van der Waals surface area contributed by atoms with Crippen LogP contribution in [0.5, 0.6) is 0 Å². The Kier molecular flexibility index (Phi) is 4.78. The number of thiophene rings is 1. The van der Waals surface area contributed by atoms with Crippen LogP contribution in [-0.2, 0) is 0 Å². The van der Waals surface area contributed by atoms with Gasteiger partial charge in [-0.1, -0.05) is 12.1 Å². The molecule has 108 valence electrons. The molecule has 0 radical (unpaired) electrons. The Hall–Kier alpha value is -1.39. The van der Waals surface area contributed by atoms with E-state index in [-0.39, 0.29) is 17.9 Å². The lowest BCUT2D eigenvalue weighted by molar-refractivity contribution is 0.558. The smallest absolute Gasteiger partial charge is 0.130 e. The molecule has 0 saturated heterocycles. The molecule has 4 heteroatoms. The summed E-state index contributed by atoms with van der Waals surface area (Å²) in [6.45, 7) is 4.12. The second-order valence-electron chi connectivity index (χ2n) is 4.99. The SMILES string of the molecule is CNC(C)c1c(F)cccc1N(C)C(C)c1cccs1. The van der Waals surface area contributed by atoms with Gasteiger partial charge in [0.25, 0.3) is 0 Å². The summed E-state index contributed by atoms with van der Waals surface area (Å²) in [6, 6.07) is 9.64. The molecule has 0 bridgehead atoms. The molecule has 1 aromatic carbocycles. The Balaban J connectivity index is 2.39. The third kappa shape index (κ3) is 2.86. The van der Waals surface area contributed by atoms with Crippen LogP contribution >= 0.6 is 11.3 Å². The van der Waals surface area contributed by atoms with Crippen molar-refractivity contribution in [3.8, 4) is 0 Å². The first kappa shape index (κ1) is 15.0. The summed E-state index contributed by atoms with van der Waals surface area (Å²) in [7, 11) is 3.87. The maximum Gasteiger partial charge on any atom is 0.130 e. The molecule has 0 spiro atoms. The second-order valence-corrected chi connectivity index (χ2v) is 5.96. The number of nitrogens with zero attached hydrogens (tertiary/aromatic N) is 1. The van der Waals surface area contributed by atoms with Crippen LogP contribution in [0.3, 0.4) is 0 Å². The number of nitrogens with one attached hydrogen (secondary N) is 1. The zero-order valence-electron chi connectivity index (χ0n) is 12.4. The van der Waals surface area contributed by atoms with Crippen molar-refractivity contribution in [3.63, 3.8) is 0 Å². The Labute approximate surface area is 124 Å². The fourth-order valence-electron chi connectivity index (χ4n) is 2.33. The third-order valence-electron chi connectivity index (χ3n) is 3.81. The number of rotatable bonds is 5. The number of hydrogen-bond acceptors (Lipinski definition) is 3. The van der Waals surface area contributed by atoms with Crippen molar-refractivity contribution in [2.24, 2.45) is 0 Å². The van der Waals surface area contributed by atoms with Crippen LogP contribution in [0.1, 0.15) is 36.4 Å². The molecule has 0 saturated carbocycles. The van der Waals surface area contributed by atoms with E-state index in [9.17, 15) is 4.39 Å². The van der Waals surface area contributed by atoms with E-state index in [1.54, 1.807) is 17.4 Å². The van der Waals surface area contributed by atoms with Crippen molar-refractivity contribution in [1.29, 1.82) is 0 Å². The van der Waals surface area contributed by atoms with Gasteiger partial charge in [0, 0.05) is 29.2 Å². The standard InChI is InChI=1S/C16H21FN2S/c1-11(18-3)16-13(17)7-5-8-14(16)19(4)12(2)15-9-6-10-20-15/h5-12,18H,1-4H3. The fourth-order valence-corrected chi connectivity index (χ4v) is 3.16. The zero-order valence-corrected chi connectivity index (χ0v) is 13.2. The summed E-state index contributed by atoms with van der Waals surface area (Å²) < 4.78 is 14.2. The van der Waals surface area contributed by atoms with Crippen LogP contribution in [0.25, 0.3) is 0 Å². The molecular formula is C16H21FN2S.